The van der Waals surface area contributed by atoms with Gasteiger partial charge in [-0.1, -0.05) is 51.9 Å². The Morgan fingerprint density at radius 1 is 1.10 bits per heavy atom. The van der Waals surface area contributed by atoms with Crippen molar-refractivity contribution in [2.75, 3.05) is 0 Å². The van der Waals surface area contributed by atoms with E-state index in [1.807, 2.05) is 23.1 Å². The highest BCUT2D eigenvalue weighted by Gasteiger charge is 2.11. The first-order valence-electron chi connectivity index (χ1n) is 7.85. The van der Waals surface area contributed by atoms with Gasteiger partial charge in [0.05, 0.1) is 17.9 Å². The Bertz CT molecular complexity index is 506. The molecule has 2 aromatic heterocycles. The van der Waals surface area contributed by atoms with Crippen molar-refractivity contribution in [3.63, 3.8) is 0 Å². The van der Waals surface area contributed by atoms with Crippen molar-refractivity contribution in [1.29, 1.82) is 0 Å². The fourth-order valence-electron chi connectivity index (χ4n) is 2.62. The highest BCUT2D eigenvalue weighted by atomic mass is 15.2. The van der Waals surface area contributed by atoms with Crippen LogP contribution in [0.5, 0.6) is 0 Å². The molecule has 4 nitrogen and oxygen atoms in total. The first kappa shape index (κ1) is 15.0. The van der Waals surface area contributed by atoms with E-state index in [1.54, 1.807) is 6.20 Å². The Morgan fingerprint density at radius 2 is 1.85 bits per heavy atom. The molecule has 0 amide bonds. The van der Waals surface area contributed by atoms with E-state index >= 15 is 0 Å². The summed E-state index contributed by atoms with van der Waals surface area (Å²) in [5, 5.41) is 4.31. The molecule has 20 heavy (non-hydrogen) atoms. The molecule has 0 aliphatic heterocycles. The molecule has 0 aliphatic carbocycles. The number of unbranched alkanes of at least 4 members (excludes halogenated alkanes) is 6. The maximum Gasteiger partial charge on any atom is 0.0892 e. The molecule has 0 bridgehead atoms. The van der Waals surface area contributed by atoms with Crippen LogP contribution in [-0.4, -0.2) is 14.6 Å². The van der Waals surface area contributed by atoms with Crippen molar-refractivity contribution < 1.29 is 0 Å². The van der Waals surface area contributed by atoms with Crippen LogP contribution in [-0.2, 0) is 0 Å². The van der Waals surface area contributed by atoms with Crippen LogP contribution in [0.3, 0.4) is 0 Å². The SMILES string of the molecule is CCCCCCCCCC(N)c1cnn2ccncc12. The second-order valence-corrected chi connectivity index (χ2v) is 5.52. The quantitative estimate of drug-likeness (QED) is 0.706. The lowest BCUT2D eigenvalue weighted by Crippen LogP contribution is -2.09. The number of hydrogen-bond donors (Lipinski definition) is 1. The van der Waals surface area contributed by atoms with Crippen LogP contribution in [0.25, 0.3) is 5.52 Å². The Labute approximate surface area is 121 Å². The third kappa shape index (κ3) is 4.04. The topological polar surface area (TPSA) is 56.2 Å². The minimum Gasteiger partial charge on any atom is -0.324 e. The summed E-state index contributed by atoms with van der Waals surface area (Å²) in [4.78, 5) is 4.15. The van der Waals surface area contributed by atoms with Crippen molar-refractivity contribution in [2.24, 2.45) is 5.73 Å². The van der Waals surface area contributed by atoms with Crippen LogP contribution >= 0.6 is 0 Å². The number of rotatable bonds is 9. The Kier molecular flexibility index (Phi) is 5.99. The monoisotopic (exact) mass is 274 g/mol. The molecule has 0 aromatic carbocycles. The first-order chi connectivity index (χ1) is 9.83. The summed E-state index contributed by atoms with van der Waals surface area (Å²) in [6, 6.07) is 0.0762. The predicted molar refractivity (Wildman–Crippen MR) is 82.5 cm³/mol. The van der Waals surface area contributed by atoms with Gasteiger partial charge in [0.15, 0.2) is 0 Å². The van der Waals surface area contributed by atoms with Gasteiger partial charge in [-0.15, -0.1) is 0 Å². The second kappa shape index (κ2) is 8.00. The fourth-order valence-corrected chi connectivity index (χ4v) is 2.62. The molecule has 1 unspecified atom stereocenters. The van der Waals surface area contributed by atoms with E-state index in [0.29, 0.717) is 0 Å². The minimum absolute atomic E-state index is 0.0762. The van der Waals surface area contributed by atoms with E-state index in [0.717, 1.165) is 17.5 Å². The first-order valence-corrected chi connectivity index (χ1v) is 7.85. The van der Waals surface area contributed by atoms with Gasteiger partial charge in [0.1, 0.15) is 0 Å². The van der Waals surface area contributed by atoms with E-state index in [4.69, 9.17) is 5.73 Å². The van der Waals surface area contributed by atoms with Gasteiger partial charge in [0, 0.05) is 24.0 Å². The number of hydrogen-bond acceptors (Lipinski definition) is 3. The maximum absolute atomic E-state index is 6.29. The summed E-state index contributed by atoms with van der Waals surface area (Å²) >= 11 is 0. The molecule has 110 valence electrons. The number of nitrogens with zero attached hydrogens (tertiary/aromatic N) is 3. The highest BCUT2D eigenvalue weighted by Crippen LogP contribution is 2.21. The average molecular weight is 274 g/mol. The van der Waals surface area contributed by atoms with Crippen LogP contribution in [0.4, 0.5) is 0 Å². The largest absolute Gasteiger partial charge is 0.324 e. The second-order valence-electron chi connectivity index (χ2n) is 5.52. The van der Waals surface area contributed by atoms with Crippen molar-refractivity contribution in [1.82, 2.24) is 14.6 Å². The van der Waals surface area contributed by atoms with Gasteiger partial charge in [-0.3, -0.25) is 4.98 Å². The van der Waals surface area contributed by atoms with Crippen LogP contribution in [0.15, 0.2) is 24.8 Å². The molecule has 0 radical (unpaired) electrons. The molecule has 0 spiro atoms. The zero-order valence-corrected chi connectivity index (χ0v) is 12.5. The van der Waals surface area contributed by atoms with Crippen LogP contribution in [0, 0.1) is 0 Å². The van der Waals surface area contributed by atoms with Gasteiger partial charge in [-0.05, 0) is 6.42 Å². The molecular weight excluding hydrogens is 248 g/mol. The third-order valence-electron chi connectivity index (χ3n) is 3.87. The van der Waals surface area contributed by atoms with Crippen LogP contribution in [0.1, 0.15) is 69.9 Å². The zero-order chi connectivity index (χ0) is 14.2. The van der Waals surface area contributed by atoms with Crippen LogP contribution < -0.4 is 5.73 Å². The molecule has 0 saturated carbocycles. The van der Waals surface area contributed by atoms with Crippen molar-refractivity contribution >= 4 is 5.52 Å². The lowest BCUT2D eigenvalue weighted by atomic mass is 10.0. The summed E-state index contributed by atoms with van der Waals surface area (Å²) in [7, 11) is 0. The lowest BCUT2D eigenvalue weighted by molar-refractivity contribution is 0.542. The number of aromatic nitrogens is 3. The lowest BCUT2D eigenvalue weighted by Gasteiger charge is -2.10. The predicted octanol–water partition coefficient (Wildman–Crippen LogP) is 3.87. The third-order valence-corrected chi connectivity index (χ3v) is 3.87. The highest BCUT2D eigenvalue weighted by molar-refractivity contribution is 5.52. The normalized spacial score (nSPS) is 12.9. The Hall–Kier alpha value is -1.42. The van der Waals surface area contributed by atoms with E-state index in [2.05, 4.69) is 17.0 Å². The molecule has 4 heteroatoms. The van der Waals surface area contributed by atoms with Gasteiger partial charge < -0.3 is 5.73 Å². The molecular formula is C16H26N4. The molecule has 1 atom stereocenters. The van der Waals surface area contributed by atoms with Gasteiger partial charge in [0.2, 0.25) is 0 Å². The van der Waals surface area contributed by atoms with E-state index in [1.165, 1.54) is 44.9 Å². The Balaban J connectivity index is 1.73. The standard InChI is InChI=1S/C16H26N4/c1-2-3-4-5-6-7-8-9-15(17)14-12-19-20-11-10-18-13-16(14)20/h10-13,15H,2-9,17H2,1H3. The van der Waals surface area contributed by atoms with Gasteiger partial charge in [-0.2, -0.15) is 5.10 Å². The van der Waals surface area contributed by atoms with Gasteiger partial charge >= 0.3 is 0 Å². The summed E-state index contributed by atoms with van der Waals surface area (Å²) in [6.45, 7) is 2.25. The van der Waals surface area contributed by atoms with Crippen molar-refractivity contribution in [3.8, 4) is 0 Å². The number of fused-ring (bicyclic) bond motifs is 1. The molecule has 2 rings (SSSR count). The van der Waals surface area contributed by atoms with E-state index in [9.17, 15) is 0 Å². The van der Waals surface area contributed by atoms with E-state index < -0.39 is 0 Å². The summed E-state index contributed by atoms with van der Waals surface area (Å²) in [5.74, 6) is 0. The average Bonchev–Trinajstić information content (AvgIpc) is 2.90. The van der Waals surface area contributed by atoms with Crippen LogP contribution in [0.2, 0.25) is 0 Å². The summed E-state index contributed by atoms with van der Waals surface area (Å²) in [6.07, 6.45) is 17.6. The summed E-state index contributed by atoms with van der Waals surface area (Å²) < 4.78 is 1.84. The van der Waals surface area contributed by atoms with Crippen molar-refractivity contribution in [3.05, 3.63) is 30.4 Å². The molecule has 2 aromatic rings. The fraction of sp³-hybridized carbons (Fsp3) is 0.625. The minimum atomic E-state index is 0.0762. The van der Waals surface area contributed by atoms with E-state index in [-0.39, 0.29) is 6.04 Å². The smallest absolute Gasteiger partial charge is 0.0892 e. The van der Waals surface area contributed by atoms with Gasteiger partial charge in [-0.25, -0.2) is 4.52 Å². The molecule has 2 heterocycles. The van der Waals surface area contributed by atoms with Gasteiger partial charge in [0.25, 0.3) is 0 Å². The summed E-state index contributed by atoms with van der Waals surface area (Å²) in [5.41, 5.74) is 8.43. The Morgan fingerprint density at radius 3 is 2.65 bits per heavy atom. The molecule has 0 aliphatic rings. The number of nitrogens with two attached hydrogens (primary N) is 1. The maximum atomic E-state index is 6.29. The van der Waals surface area contributed by atoms with Crippen molar-refractivity contribution in [2.45, 2.75) is 64.3 Å². The molecule has 2 N–H and O–H groups in total. The molecule has 0 fully saturated rings. The molecule has 0 saturated heterocycles. The zero-order valence-electron chi connectivity index (χ0n) is 12.5.